The van der Waals surface area contributed by atoms with Crippen LogP contribution >= 0.6 is 0 Å². The van der Waals surface area contributed by atoms with Crippen molar-refractivity contribution < 1.29 is 4.74 Å². The maximum atomic E-state index is 6.47. The van der Waals surface area contributed by atoms with Crippen LogP contribution in [-0.4, -0.2) is 24.3 Å². The minimum Gasteiger partial charge on any atom is -0.366 e. The molecule has 1 saturated heterocycles. The second kappa shape index (κ2) is 6.91. The molecule has 0 spiro atoms. The van der Waals surface area contributed by atoms with E-state index in [0.717, 1.165) is 13.1 Å². The zero-order valence-electron chi connectivity index (χ0n) is 13.1. The molecule has 1 aliphatic rings. The van der Waals surface area contributed by atoms with Gasteiger partial charge < -0.3 is 10.1 Å². The van der Waals surface area contributed by atoms with E-state index in [2.05, 4.69) is 39.9 Å². The Morgan fingerprint density at radius 1 is 1.06 bits per heavy atom. The molecule has 0 amide bonds. The smallest absolute Gasteiger partial charge is 0.0809 e. The van der Waals surface area contributed by atoms with Gasteiger partial charge in [0.15, 0.2) is 0 Å². The average molecular weight is 255 g/mol. The maximum Gasteiger partial charge on any atom is 0.0809 e. The first-order chi connectivity index (χ1) is 8.42. The van der Waals surface area contributed by atoms with E-state index >= 15 is 0 Å². The molecule has 1 rings (SSSR count). The summed E-state index contributed by atoms with van der Waals surface area (Å²) in [6.07, 6.45) is 7.91. The Morgan fingerprint density at radius 3 is 2.33 bits per heavy atom. The topological polar surface area (TPSA) is 21.3 Å². The Bertz CT molecular complexity index is 241. The Hall–Kier alpha value is -0.0800. The minimum absolute atomic E-state index is 0.00355. The van der Waals surface area contributed by atoms with Gasteiger partial charge in [0.2, 0.25) is 0 Å². The summed E-state index contributed by atoms with van der Waals surface area (Å²) in [5.41, 5.74) is 0.0277. The lowest BCUT2D eigenvalue weighted by Gasteiger charge is -2.48. The Morgan fingerprint density at radius 2 is 1.72 bits per heavy atom. The molecular weight excluding hydrogens is 222 g/mol. The monoisotopic (exact) mass is 255 g/mol. The third kappa shape index (κ3) is 4.55. The summed E-state index contributed by atoms with van der Waals surface area (Å²) in [5, 5.41) is 3.57. The van der Waals surface area contributed by atoms with Gasteiger partial charge in [-0.25, -0.2) is 0 Å². The van der Waals surface area contributed by atoms with Gasteiger partial charge in [-0.15, -0.1) is 0 Å². The van der Waals surface area contributed by atoms with Crippen molar-refractivity contribution in [1.82, 2.24) is 5.32 Å². The van der Waals surface area contributed by atoms with E-state index in [-0.39, 0.29) is 11.2 Å². The Labute approximate surface area is 114 Å². The molecule has 0 aliphatic carbocycles. The van der Waals surface area contributed by atoms with Crippen LogP contribution in [0.5, 0.6) is 0 Å². The van der Waals surface area contributed by atoms with Crippen molar-refractivity contribution in [3.05, 3.63) is 0 Å². The number of morpholine rings is 1. The zero-order valence-corrected chi connectivity index (χ0v) is 13.1. The lowest BCUT2D eigenvalue weighted by Crippen LogP contribution is -2.60. The molecule has 0 aromatic carbocycles. The quantitative estimate of drug-likeness (QED) is 0.690. The second-order valence-electron chi connectivity index (χ2n) is 6.79. The molecule has 1 aliphatic heterocycles. The summed E-state index contributed by atoms with van der Waals surface area (Å²) in [4.78, 5) is 0. The molecule has 1 N–H and O–H groups in total. The molecule has 1 fully saturated rings. The van der Waals surface area contributed by atoms with Crippen molar-refractivity contribution in [1.29, 1.82) is 0 Å². The molecule has 0 radical (unpaired) electrons. The van der Waals surface area contributed by atoms with Crippen molar-refractivity contribution >= 4 is 0 Å². The third-order valence-electron chi connectivity index (χ3n) is 4.48. The molecule has 1 heterocycles. The van der Waals surface area contributed by atoms with Crippen molar-refractivity contribution in [2.45, 2.75) is 84.3 Å². The number of ether oxygens (including phenoxy) is 1. The van der Waals surface area contributed by atoms with Crippen LogP contribution in [-0.2, 0) is 4.74 Å². The number of hydrogen-bond donors (Lipinski definition) is 1. The van der Waals surface area contributed by atoms with Crippen LogP contribution in [0, 0.1) is 5.92 Å². The Balaban J connectivity index is 2.38. The molecule has 2 atom stereocenters. The summed E-state index contributed by atoms with van der Waals surface area (Å²) in [7, 11) is 0. The van der Waals surface area contributed by atoms with Crippen LogP contribution in [0.1, 0.15) is 73.1 Å². The van der Waals surface area contributed by atoms with Crippen LogP contribution in [0.25, 0.3) is 0 Å². The molecule has 0 aromatic heterocycles. The molecule has 108 valence electrons. The fourth-order valence-corrected chi connectivity index (χ4v) is 2.77. The van der Waals surface area contributed by atoms with Gasteiger partial charge in [-0.05, 0) is 26.2 Å². The van der Waals surface area contributed by atoms with Gasteiger partial charge in [-0.3, -0.25) is 0 Å². The molecule has 0 saturated carbocycles. The van der Waals surface area contributed by atoms with Gasteiger partial charge in [0, 0.05) is 13.1 Å². The van der Waals surface area contributed by atoms with Crippen molar-refractivity contribution in [3.8, 4) is 0 Å². The van der Waals surface area contributed by atoms with E-state index in [9.17, 15) is 0 Å². The van der Waals surface area contributed by atoms with E-state index < -0.39 is 0 Å². The van der Waals surface area contributed by atoms with Gasteiger partial charge in [-0.1, -0.05) is 52.9 Å². The molecule has 0 aromatic rings. The molecule has 18 heavy (non-hydrogen) atoms. The van der Waals surface area contributed by atoms with Crippen molar-refractivity contribution in [2.75, 3.05) is 13.1 Å². The molecule has 2 nitrogen and oxygen atoms in total. The van der Waals surface area contributed by atoms with E-state index in [0.29, 0.717) is 5.92 Å². The summed E-state index contributed by atoms with van der Waals surface area (Å²) in [5.74, 6) is 0.560. The normalized spacial score (nSPS) is 33.0. The van der Waals surface area contributed by atoms with Crippen LogP contribution in [0.4, 0.5) is 0 Å². The van der Waals surface area contributed by atoms with Crippen LogP contribution in [0.2, 0.25) is 0 Å². The lowest BCUT2D eigenvalue weighted by molar-refractivity contribution is -0.184. The molecular formula is C16H33NO. The number of nitrogens with one attached hydrogen (secondary N) is 1. The largest absolute Gasteiger partial charge is 0.366 e. The summed E-state index contributed by atoms with van der Waals surface area (Å²) < 4.78 is 6.47. The van der Waals surface area contributed by atoms with E-state index in [1.54, 1.807) is 0 Å². The van der Waals surface area contributed by atoms with E-state index in [4.69, 9.17) is 4.74 Å². The van der Waals surface area contributed by atoms with Crippen molar-refractivity contribution in [3.63, 3.8) is 0 Å². The van der Waals surface area contributed by atoms with Crippen LogP contribution < -0.4 is 5.32 Å². The highest BCUT2D eigenvalue weighted by molar-refractivity contribution is 4.93. The maximum absolute atomic E-state index is 6.47. The summed E-state index contributed by atoms with van der Waals surface area (Å²) >= 11 is 0. The fraction of sp³-hybridized carbons (Fsp3) is 1.00. The van der Waals surface area contributed by atoms with Crippen molar-refractivity contribution in [2.24, 2.45) is 5.92 Å². The molecule has 0 bridgehead atoms. The van der Waals surface area contributed by atoms with Gasteiger partial charge >= 0.3 is 0 Å². The van der Waals surface area contributed by atoms with E-state index in [1.165, 1.54) is 38.5 Å². The lowest BCUT2D eigenvalue weighted by atomic mass is 9.86. The zero-order chi connectivity index (χ0) is 13.6. The summed E-state index contributed by atoms with van der Waals surface area (Å²) in [6.45, 7) is 13.3. The first kappa shape index (κ1) is 16.0. The third-order valence-corrected chi connectivity index (χ3v) is 4.48. The van der Waals surface area contributed by atoms with Crippen LogP contribution in [0.15, 0.2) is 0 Å². The van der Waals surface area contributed by atoms with Gasteiger partial charge in [0.25, 0.3) is 0 Å². The average Bonchev–Trinajstić information content (AvgIpc) is 2.28. The fourth-order valence-electron chi connectivity index (χ4n) is 2.77. The highest BCUT2D eigenvalue weighted by atomic mass is 16.5. The predicted octanol–water partition coefficient (Wildman–Crippen LogP) is 4.14. The van der Waals surface area contributed by atoms with Gasteiger partial charge in [0.05, 0.1) is 11.2 Å². The Kier molecular flexibility index (Phi) is 6.13. The summed E-state index contributed by atoms with van der Waals surface area (Å²) in [6, 6.07) is 0. The first-order valence-corrected chi connectivity index (χ1v) is 7.83. The highest BCUT2D eigenvalue weighted by Gasteiger charge is 2.41. The predicted molar refractivity (Wildman–Crippen MR) is 79.0 cm³/mol. The first-order valence-electron chi connectivity index (χ1n) is 7.83. The second-order valence-corrected chi connectivity index (χ2v) is 6.79. The number of rotatable bonds is 7. The molecule has 2 unspecified atom stereocenters. The number of unbranched alkanes of at least 4 members (excludes halogenated alkanes) is 4. The highest BCUT2D eigenvalue weighted by Crippen LogP contribution is 2.33. The minimum atomic E-state index is -0.00355. The van der Waals surface area contributed by atoms with E-state index in [1.807, 2.05) is 0 Å². The molecule has 2 heteroatoms. The number of hydrogen-bond acceptors (Lipinski definition) is 2. The van der Waals surface area contributed by atoms with Crippen LogP contribution in [0.3, 0.4) is 0 Å². The SMILES string of the molecule is CCCCCCCC1(C)CNCC(C)(C(C)C)O1. The standard InChI is InChI=1S/C16H33NO/c1-6-7-8-9-10-11-15(4)12-17-13-16(5,18-15)14(2)3/h14,17H,6-13H2,1-5H3. The van der Waals surface area contributed by atoms with Gasteiger partial charge in [0.1, 0.15) is 0 Å². The van der Waals surface area contributed by atoms with Gasteiger partial charge in [-0.2, -0.15) is 0 Å².